The first-order chi connectivity index (χ1) is 8.12. The Kier molecular flexibility index (Phi) is 3.88. The van der Waals surface area contributed by atoms with E-state index in [0.717, 1.165) is 12.8 Å². The maximum absolute atomic E-state index is 11.0. The Labute approximate surface area is 105 Å². The predicted molar refractivity (Wildman–Crippen MR) is 71.9 cm³/mol. The molecule has 2 unspecified atom stereocenters. The van der Waals surface area contributed by atoms with Crippen molar-refractivity contribution in [2.75, 3.05) is 0 Å². The molecule has 1 aromatic carbocycles. The van der Waals surface area contributed by atoms with Crippen LogP contribution in [0.3, 0.4) is 0 Å². The van der Waals surface area contributed by atoms with E-state index in [4.69, 9.17) is 0 Å². The molecule has 1 aliphatic rings. The second-order valence-corrected chi connectivity index (χ2v) is 5.86. The normalized spacial score (nSPS) is 29.5. The van der Waals surface area contributed by atoms with Gasteiger partial charge in [-0.25, -0.2) is 0 Å². The third-order valence-electron chi connectivity index (χ3n) is 4.22. The van der Waals surface area contributed by atoms with Crippen LogP contribution in [0.25, 0.3) is 0 Å². The monoisotopic (exact) mass is 232 g/mol. The van der Waals surface area contributed by atoms with E-state index >= 15 is 0 Å². The molecule has 94 valence electrons. The smallest absolute Gasteiger partial charge is 0.0718 e. The largest absolute Gasteiger partial charge is 0.389 e. The van der Waals surface area contributed by atoms with Crippen molar-refractivity contribution in [1.82, 2.24) is 0 Å². The molecule has 17 heavy (non-hydrogen) atoms. The van der Waals surface area contributed by atoms with Gasteiger partial charge in [0.15, 0.2) is 0 Å². The Bertz CT molecular complexity index is 344. The van der Waals surface area contributed by atoms with Gasteiger partial charge in [0.25, 0.3) is 0 Å². The molecule has 1 N–H and O–H groups in total. The first kappa shape index (κ1) is 12.6. The Hall–Kier alpha value is -0.820. The highest BCUT2D eigenvalue weighted by Gasteiger charge is 2.40. The van der Waals surface area contributed by atoms with Gasteiger partial charge >= 0.3 is 0 Å². The molecule has 0 bridgehead atoms. The van der Waals surface area contributed by atoms with Crippen molar-refractivity contribution in [3.63, 3.8) is 0 Å². The molecule has 1 heteroatoms. The third-order valence-corrected chi connectivity index (χ3v) is 4.22. The van der Waals surface area contributed by atoms with Crippen LogP contribution in [0, 0.1) is 11.8 Å². The molecule has 0 spiro atoms. The zero-order valence-corrected chi connectivity index (χ0v) is 11.0. The van der Waals surface area contributed by atoms with E-state index in [1.54, 1.807) is 0 Å². The summed E-state index contributed by atoms with van der Waals surface area (Å²) in [6.45, 7) is 4.48. The van der Waals surface area contributed by atoms with E-state index in [0.29, 0.717) is 11.8 Å². The van der Waals surface area contributed by atoms with Gasteiger partial charge in [-0.05, 0) is 30.2 Å². The fourth-order valence-corrected chi connectivity index (χ4v) is 3.37. The minimum atomic E-state index is -0.478. The predicted octanol–water partition coefficient (Wildman–Crippen LogP) is 3.81. The summed E-state index contributed by atoms with van der Waals surface area (Å²) in [7, 11) is 0. The second-order valence-electron chi connectivity index (χ2n) is 5.86. The fourth-order valence-electron chi connectivity index (χ4n) is 3.37. The van der Waals surface area contributed by atoms with Gasteiger partial charge in [-0.15, -0.1) is 0 Å². The number of benzene rings is 1. The molecule has 1 fully saturated rings. The lowest BCUT2D eigenvalue weighted by atomic mass is 9.68. The molecule has 0 saturated heterocycles. The lowest BCUT2D eigenvalue weighted by molar-refractivity contribution is -0.0652. The average molecular weight is 232 g/mol. The van der Waals surface area contributed by atoms with Gasteiger partial charge in [-0.3, -0.25) is 0 Å². The zero-order chi connectivity index (χ0) is 12.3. The molecule has 1 saturated carbocycles. The van der Waals surface area contributed by atoms with Crippen LogP contribution in [0.5, 0.6) is 0 Å². The molecule has 1 aliphatic carbocycles. The highest BCUT2D eigenvalue weighted by Crippen LogP contribution is 2.40. The summed E-state index contributed by atoms with van der Waals surface area (Å²) in [5.74, 6) is 1.03. The standard InChI is InChI=1S/C16H24O/c1-13(2)15-10-6-7-11-16(15,17)12-14-8-4-3-5-9-14/h3-5,8-9,13,15,17H,6-7,10-12H2,1-2H3. The molecule has 0 aliphatic heterocycles. The lowest BCUT2D eigenvalue weighted by Gasteiger charge is -2.42. The molecule has 0 aromatic heterocycles. The van der Waals surface area contributed by atoms with Gasteiger partial charge in [0.05, 0.1) is 5.60 Å². The topological polar surface area (TPSA) is 20.2 Å². The minimum absolute atomic E-state index is 0.455. The van der Waals surface area contributed by atoms with E-state index in [1.807, 2.05) is 6.07 Å². The molecule has 1 nitrogen and oxygen atoms in total. The Morgan fingerprint density at radius 2 is 1.94 bits per heavy atom. The summed E-state index contributed by atoms with van der Waals surface area (Å²) in [4.78, 5) is 0. The van der Waals surface area contributed by atoms with Crippen molar-refractivity contribution in [1.29, 1.82) is 0 Å². The SMILES string of the molecule is CC(C)C1CCCCC1(O)Cc1ccccc1. The van der Waals surface area contributed by atoms with Crippen LogP contribution < -0.4 is 0 Å². The van der Waals surface area contributed by atoms with Crippen LogP contribution >= 0.6 is 0 Å². The van der Waals surface area contributed by atoms with E-state index in [9.17, 15) is 5.11 Å². The molecule has 0 radical (unpaired) electrons. The van der Waals surface area contributed by atoms with Crippen LogP contribution in [0.2, 0.25) is 0 Å². The summed E-state index contributed by atoms with van der Waals surface area (Å²) in [5, 5.41) is 11.0. The Morgan fingerprint density at radius 1 is 1.24 bits per heavy atom. The summed E-state index contributed by atoms with van der Waals surface area (Å²) in [5.41, 5.74) is 0.788. The van der Waals surface area contributed by atoms with Crippen LogP contribution in [-0.2, 0) is 6.42 Å². The van der Waals surface area contributed by atoms with Gasteiger partial charge in [-0.2, -0.15) is 0 Å². The van der Waals surface area contributed by atoms with Crippen LogP contribution in [0.15, 0.2) is 30.3 Å². The first-order valence-electron chi connectivity index (χ1n) is 6.88. The lowest BCUT2D eigenvalue weighted by Crippen LogP contribution is -2.45. The van der Waals surface area contributed by atoms with Crippen molar-refractivity contribution in [3.8, 4) is 0 Å². The maximum atomic E-state index is 11.0. The number of hydrogen-bond donors (Lipinski definition) is 1. The molecule has 1 aromatic rings. The van der Waals surface area contributed by atoms with E-state index in [1.165, 1.54) is 24.8 Å². The van der Waals surface area contributed by atoms with E-state index in [-0.39, 0.29) is 0 Å². The first-order valence-corrected chi connectivity index (χ1v) is 6.88. The van der Waals surface area contributed by atoms with Crippen LogP contribution in [0.1, 0.15) is 45.1 Å². The van der Waals surface area contributed by atoms with Gasteiger partial charge in [0, 0.05) is 6.42 Å². The molecule has 0 heterocycles. The number of rotatable bonds is 3. The zero-order valence-electron chi connectivity index (χ0n) is 11.0. The highest BCUT2D eigenvalue weighted by atomic mass is 16.3. The van der Waals surface area contributed by atoms with E-state index in [2.05, 4.69) is 38.1 Å². The fraction of sp³-hybridized carbons (Fsp3) is 0.625. The van der Waals surface area contributed by atoms with Crippen molar-refractivity contribution in [2.45, 2.75) is 51.6 Å². The van der Waals surface area contributed by atoms with Crippen LogP contribution in [0.4, 0.5) is 0 Å². The van der Waals surface area contributed by atoms with Gasteiger partial charge < -0.3 is 5.11 Å². The van der Waals surface area contributed by atoms with Crippen molar-refractivity contribution in [3.05, 3.63) is 35.9 Å². The molecular formula is C16H24O. The number of aliphatic hydroxyl groups is 1. The summed E-state index contributed by atoms with van der Waals surface area (Å²) in [6, 6.07) is 10.4. The van der Waals surface area contributed by atoms with Gasteiger partial charge in [-0.1, -0.05) is 57.0 Å². The van der Waals surface area contributed by atoms with Crippen molar-refractivity contribution >= 4 is 0 Å². The minimum Gasteiger partial charge on any atom is -0.389 e. The molecule has 0 amide bonds. The van der Waals surface area contributed by atoms with Gasteiger partial charge in [0.1, 0.15) is 0 Å². The van der Waals surface area contributed by atoms with E-state index < -0.39 is 5.60 Å². The molecule has 2 rings (SSSR count). The summed E-state index contributed by atoms with van der Waals surface area (Å²) < 4.78 is 0. The third kappa shape index (κ3) is 2.90. The summed E-state index contributed by atoms with van der Waals surface area (Å²) >= 11 is 0. The Balaban J connectivity index is 2.15. The van der Waals surface area contributed by atoms with Gasteiger partial charge in [0.2, 0.25) is 0 Å². The average Bonchev–Trinajstić information content (AvgIpc) is 2.30. The summed E-state index contributed by atoms with van der Waals surface area (Å²) in [6.07, 6.45) is 5.41. The quantitative estimate of drug-likeness (QED) is 0.840. The molecule has 2 atom stereocenters. The number of hydrogen-bond acceptors (Lipinski definition) is 1. The maximum Gasteiger partial charge on any atom is 0.0718 e. The van der Waals surface area contributed by atoms with Crippen LogP contribution in [-0.4, -0.2) is 10.7 Å². The second kappa shape index (κ2) is 5.22. The molecular weight excluding hydrogens is 208 g/mol. The highest BCUT2D eigenvalue weighted by molar-refractivity contribution is 5.18. The van der Waals surface area contributed by atoms with Crippen molar-refractivity contribution < 1.29 is 5.11 Å². The Morgan fingerprint density at radius 3 is 2.59 bits per heavy atom. The van der Waals surface area contributed by atoms with Crippen molar-refractivity contribution in [2.24, 2.45) is 11.8 Å².